The van der Waals surface area contributed by atoms with Crippen molar-refractivity contribution in [1.82, 2.24) is 16.0 Å². The average molecular weight is 831 g/mol. The van der Waals surface area contributed by atoms with Gasteiger partial charge in [-0.25, -0.2) is 4.39 Å². The Kier molecular flexibility index (Phi) is 35.5. The molecule has 0 bridgehead atoms. The van der Waals surface area contributed by atoms with Crippen molar-refractivity contribution in [3.8, 4) is 0 Å². The average Bonchev–Trinajstić information content (AvgIpc) is 3.18. The first-order valence-electron chi connectivity index (χ1n) is 22.2. The third kappa shape index (κ3) is 32.7. The van der Waals surface area contributed by atoms with Gasteiger partial charge < -0.3 is 31.5 Å². The molecule has 0 aliphatic carbocycles. The number of nitrogens with one attached hydrogen (secondary N) is 3. The molecule has 4 atom stereocenters. The summed E-state index contributed by atoms with van der Waals surface area (Å²) in [5.41, 5.74) is 5.35. The molecule has 1 unspecified atom stereocenters. The lowest BCUT2D eigenvalue weighted by Crippen LogP contribution is -2.56. The number of thioether (sulfide) groups is 1. The zero-order valence-corrected chi connectivity index (χ0v) is 36.5. The molecule has 0 radical (unpaired) electrons. The van der Waals surface area contributed by atoms with Gasteiger partial charge in [-0.15, -0.1) is 0 Å². The molecule has 4 amide bonds. The van der Waals surface area contributed by atoms with Crippen molar-refractivity contribution in [2.45, 2.75) is 218 Å². The number of nitrogens with two attached hydrogens (primary N) is 1. The standard InChI is InChI=1S/C43H79FN4O8S/c1-4-7-9-11-13-15-16-17-18-20-21-23-25-27-38(49)46-37(43(55)47-35(6-3)42(54)48-36(41(45)53)29-30-39(50)51)33-57-32-34(44)31-56-40(52)28-26-24-22-19-14-12-10-8-5-2/h34-37H,4-33H2,1-3H3,(H2,45,53)(H,46,49)(H,47,55)(H,48,54)(H,50,51)/t34?,35-,36+,37-/m0/s1. The van der Waals surface area contributed by atoms with Crippen LogP contribution in [0.1, 0.15) is 194 Å². The van der Waals surface area contributed by atoms with Gasteiger partial charge in [-0.3, -0.25) is 28.8 Å². The number of carbonyl (C=O) groups excluding carboxylic acids is 5. The second-order valence-corrected chi connectivity index (χ2v) is 16.4. The zero-order valence-electron chi connectivity index (χ0n) is 35.7. The quantitative estimate of drug-likeness (QED) is 0.0299. The third-order valence-electron chi connectivity index (χ3n) is 10.00. The lowest BCUT2D eigenvalue weighted by atomic mass is 10.0. The van der Waals surface area contributed by atoms with Gasteiger partial charge >= 0.3 is 11.9 Å². The van der Waals surface area contributed by atoms with Crippen LogP contribution < -0.4 is 21.7 Å². The number of halogens is 1. The summed E-state index contributed by atoms with van der Waals surface area (Å²) in [6.45, 7) is 5.67. The number of alkyl halides is 1. The SMILES string of the molecule is CCCCCCCCCCCCCCCC(=O)N[C@@H](CSCC(F)COC(=O)CCCCCCCCCCC)C(=O)N[C@@H](CC)C(=O)N[C@H](CCC(=O)O)C(N)=O. The molecule has 0 aromatic carbocycles. The number of primary amides is 1. The van der Waals surface area contributed by atoms with E-state index in [1.807, 2.05) is 0 Å². The largest absolute Gasteiger partial charge is 0.481 e. The number of esters is 1. The van der Waals surface area contributed by atoms with Gasteiger partial charge in [0.05, 0.1) is 0 Å². The number of hydrogen-bond acceptors (Lipinski definition) is 8. The molecule has 0 saturated carbocycles. The van der Waals surface area contributed by atoms with Crippen molar-refractivity contribution in [2.75, 3.05) is 18.1 Å². The van der Waals surface area contributed by atoms with E-state index in [-0.39, 0.29) is 43.1 Å². The normalized spacial score (nSPS) is 13.3. The molecule has 0 aliphatic rings. The van der Waals surface area contributed by atoms with Gasteiger partial charge in [-0.1, -0.05) is 149 Å². The van der Waals surface area contributed by atoms with E-state index in [9.17, 15) is 33.2 Å². The first-order valence-corrected chi connectivity index (χ1v) is 23.4. The molecule has 14 heteroatoms. The number of carboxylic acids is 1. The van der Waals surface area contributed by atoms with Crippen molar-refractivity contribution in [3.63, 3.8) is 0 Å². The second kappa shape index (κ2) is 37.4. The minimum atomic E-state index is -1.47. The molecule has 0 fully saturated rings. The van der Waals surface area contributed by atoms with Crippen LogP contribution in [-0.4, -0.2) is 83.1 Å². The Hall–Kier alpha value is -2.90. The van der Waals surface area contributed by atoms with Gasteiger partial charge in [-0.05, 0) is 25.7 Å². The Balaban J connectivity index is 4.95. The second-order valence-electron chi connectivity index (χ2n) is 15.4. The first-order chi connectivity index (χ1) is 27.4. The lowest BCUT2D eigenvalue weighted by molar-refractivity contribution is -0.145. The number of ether oxygens (including phenoxy) is 1. The van der Waals surface area contributed by atoms with Crippen LogP contribution in [0, 0.1) is 0 Å². The molecular formula is C43H79FN4O8S. The molecule has 0 aromatic heterocycles. The fourth-order valence-electron chi connectivity index (χ4n) is 6.40. The fraction of sp³-hybridized carbons (Fsp3) is 0.860. The molecule has 12 nitrogen and oxygen atoms in total. The van der Waals surface area contributed by atoms with Gasteiger partial charge in [0.25, 0.3) is 0 Å². The van der Waals surface area contributed by atoms with Gasteiger partial charge in [0.2, 0.25) is 23.6 Å². The Morgan fingerprint density at radius 3 is 1.47 bits per heavy atom. The number of carboxylic acid groups (broad SMARTS) is 1. The highest BCUT2D eigenvalue weighted by Gasteiger charge is 2.29. The van der Waals surface area contributed by atoms with E-state index in [0.717, 1.165) is 50.3 Å². The Morgan fingerprint density at radius 2 is 1.02 bits per heavy atom. The summed E-state index contributed by atoms with van der Waals surface area (Å²) < 4.78 is 19.9. The van der Waals surface area contributed by atoms with Crippen molar-refractivity contribution in [2.24, 2.45) is 5.73 Å². The number of carbonyl (C=O) groups is 6. The number of hydrogen-bond donors (Lipinski definition) is 5. The van der Waals surface area contributed by atoms with Crippen LogP contribution >= 0.6 is 11.8 Å². The predicted octanol–water partition coefficient (Wildman–Crippen LogP) is 8.22. The van der Waals surface area contributed by atoms with Crippen LogP contribution in [0.25, 0.3) is 0 Å². The van der Waals surface area contributed by atoms with Gasteiger partial charge in [0.15, 0.2) is 0 Å². The lowest BCUT2D eigenvalue weighted by Gasteiger charge is -2.24. The molecule has 0 aromatic rings. The first kappa shape index (κ1) is 54.1. The smallest absolute Gasteiger partial charge is 0.305 e. The summed E-state index contributed by atoms with van der Waals surface area (Å²) in [7, 11) is 0. The molecule has 6 N–H and O–H groups in total. The van der Waals surface area contributed by atoms with Gasteiger partial charge in [0, 0.05) is 30.8 Å². The van der Waals surface area contributed by atoms with E-state index in [2.05, 4.69) is 29.8 Å². The number of unbranched alkanes of at least 4 members (excludes halogenated alkanes) is 20. The summed E-state index contributed by atoms with van der Waals surface area (Å²) in [5, 5.41) is 16.7. The zero-order chi connectivity index (χ0) is 42.5. The number of amides is 4. The molecule has 0 spiro atoms. The van der Waals surface area contributed by atoms with Gasteiger partial charge in [-0.2, -0.15) is 11.8 Å². The molecule has 0 rings (SSSR count). The van der Waals surface area contributed by atoms with Crippen LogP contribution in [0.15, 0.2) is 0 Å². The van der Waals surface area contributed by atoms with E-state index in [1.165, 1.54) is 89.9 Å². The topological polar surface area (TPSA) is 194 Å². The van der Waals surface area contributed by atoms with E-state index >= 15 is 0 Å². The van der Waals surface area contributed by atoms with E-state index in [1.54, 1.807) is 6.92 Å². The highest BCUT2D eigenvalue weighted by molar-refractivity contribution is 7.99. The van der Waals surface area contributed by atoms with E-state index < -0.39 is 67.0 Å². The van der Waals surface area contributed by atoms with Crippen LogP contribution in [0.2, 0.25) is 0 Å². The molecule has 0 heterocycles. The van der Waals surface area contributed by atoms with Crippen LogP contribution in [0.5, 0.6) is 0 Å². The summed E-state index contributed by atoms with van der Waals surface area (Å²) in [6, 6.07) is -3.44. The highest BCUT2D eigenvalue weighted by atomic mass is 32.2. The molecular weight excluding hydrogens is 752 g/mol. The third-order valence-corrected chi connectivity index (χ3v) is 11.2. The number of aliphatic carboxylic acids is 1. The molecule has 332 valence electrons. The van der Waals surface area contributed by atoms with E-state index in [0.29, 0.717) is 12.8 Å². The summed E-state index contributed by atoms with van der Waals surface area (Å²) in [5.74, 6) is -4.29. The number of rotatable bonds is 40. The van der Waals surface area contributed by atoms with Crippen LogP contribution in [0.4, 0.5) is 4.39 Å². The van der Waals surface area contributed by atoms with Gasteiger partial charge in [0.1, 0.15) is 30.9 Å². The van der Waals surface area contributed by atoms with Crippen molar-refractivity contribution >= 4 is 47.3 Å². The van der Waals surface area contributed by atoms with Crippen LogP contribution in [-0.2, 0) is 33.5 Å². The maximum absolute atomic E-state index is 14.8. The predicted molar refractivity (Wildman–Crippen MR) is 227 cm³/mol. The summed E-state index contributed by atoms with van der Waals surface area (Å²) in [4.78, 5) is 74.4. The molecule has 57 heavy (non-hydrogen) atoms. The summed E-state index contributed by atoms with van der Waals surface area (Å²) >= 11 is 1.08. The Morgan fingerprint density at radius 1 is 0.579 bits per heavy atom. The molecule has 0 saturated heterocycles. The van der Waals surface area contributed by atoms with Crippen LogP contribution in [0.3, 0.4) is 0 Å². The highest BCUT2D eigenvalue weighted by Crippen LogP contribution is 2.15. The summed E-state index contributed by atoms with van der Waals surface area (Å²) in [6.07, 6.45) is 23.8. The maximum atomic E-state index is 14.8. The minimum absolute atomic E-state index is 0.00354. The van der Waals surface area contributed by atoms with Crippen molar-refractivity contribution in [3.05, 3.63) is 0 Å². The van der Waals surface area contributed by atoms with E-state index in [4.69, 9.17) is 15.6 Å². The Labute approximate surface area is 347 Å². The molecule has 0 aliphatic heterocycles. The minimum Gasteiger partial charge on any atom is -0.481 e. The monoisotopic (exact) mass is 831 g/mol. The Bertz CT molecular complexity index is 1100. The van der Waals surface area contributed by atoms with Crippen molar-refractivity contribution in [1.29, 1.82) is 0 Å². The maximum Gasteiger partial charge on any atom is 0.305 e. The van der Waals surface area contributed by atoms with Crippen molar-refractivity contribution < 1.29 is 43.0 Å². The fourth-order valence-corrected chi connectivity index (χ4v) is 7.36.